The predicted molar refractivity (Wildman–Crippen MR) is 60.3 cm³/mol. The van der Waals surface area contributed by atoms with Crippen molar-refractivity contribution < 1.29 is 9.18 Å². The maximum Gasteiger partial charge on any atom is 0.152 e. The van der Waals surface area contributed by atoms with E-state index in [0.717, 1.165) is 0 Å². The van der Waals surface area contributed by atoms with E-state index in [-0.39, 0.29) is 17.9 Å². The Morgan fingerprint density at radius 1 is 1.33 bits per heavy atom. The van der Waals surface area contributed by atoms with E-state index in [2.05, 4.69) is 0 Å². The molecule has 5 heteroatoms. The number of hydrogen-bond acceptors (Lipinski definition) is 1. The van der Waals surface area contributed by atoms with Crippen LogP contribution in [0, 0.1) is 5.82 Å². The highest BCUT2D eigenvalue weighted by Crippen LogP contribution is 2.27. The number of hydrogen-bond donors (Lipinski definition) is 0. The Hall–Kier alpha value is -0.760. The van der Waals surface area contributed by atoms with Gasteiger partial charge in [-0.05, 0) is 35.9 Å². The number of rotatable bonds is 4. The summed E-state index contributed by atoms with van der Waals surface area (Å²) < 4.78 is 12.6. The summed E-state index contributed by atoms with van der Waals surface area (Å²) in [5, 5.41) is -1.49. The van der Waals surface area contributed by atoms with Gasteiger partial charge in [-0.25, -0.2) is 4.39 Å². The van der Waals surface area contributed by atoms with Crippen LogP contribution in [0.4, 0.5) is 4.39 Å². The highest BCUT2D eigenvalue weighted by atomic mass is 35.5. The molecule has 4 radical (unpaired) electrons. The zero-order valence-corrected chi connectivity index (χ0v) is 8.80. The van der Waals surface area contributed by atoms with E-state index in [0.29, 0.717) is 0 Å². The molecule has 0 amide bonds. The SMILES string of the molecule is [B]C([B])(CCCl)C(=O)c1ccc(F)cc1. The summed E-state index contributed by atoms with van der Waals surface area (Å²) in [6.45, 7) is 0. The van der Waals surface area contributed by atoms with Gasteiger partial charge in [0.25, 0.3) is 0 Å². The molecule has 0 spiro atoms. The van der Waals surface area contributed by atoms with Crippen LogP contribution in [0.3, 0.4) is 0 Å². The summed E-state index contributed by atoms with van der Waals surface area (Å²) in [5.41, 5.74) is 0.284. The summed E-state index contributed by atoms with van der Waals surface area (Å²) in [7, 11) is 11.2. The lowest BCUT2D eigenvalue weighted by molar-refractivity contribution is 0.0967. The molecule has 1 rings (SSSR count). The van der Waals surface area contributed by atoms with Gasteiger partial charge in [-0.15, -0.1) is 11.6 Å². The normalized spacial score (nSPS) is 11.3. The molecule has 1 aromatic carbocycles. The highest BCUT2D eigenvalue weighted by Gasteiger charge is 2.26. The van der Waals surface area contributed by atoms with Crippen molar-refractivity contribution in [3.63, 3.8) is 0 Å². The molecule has 0 aromatic heterocycles. The molecule has 0 bridgehead atoms. The van der Waals surface area contributed by atoms with Crippen molar-refractivity contribution in [1.29, 1.82) is 0 Å². The van der Waals surface area contributed by atoms with Gasteiger partial charge in [0.05, 0.1) is 15.7 Å². The molecule has 0 heterocycles. The maximum atomic E-state index is 12.6. The number of alkyl halides is 1. The van der Waals surface area contributed by atoms with Crippen LogP contribution in [0.15, 0.2) is 24.3 Å². The fourth-order valence-electron chi connectivity index (χ4n) is 1.14. The standard InChI is InChI=1S/C10H8B2ClFO/c11-10(12,5-6-13)9(15)7-1-3-8(14)4-2-7/h1-4H,5-6H2. The van der Waals surface area contributed by atoms with E-state index in [1.807, 2.05) is 0 Å². The first-order chi connectivity index (χ1) is 6.97. The molecule has 1 aromatic rings. The summed E-state index contributed by atoms with van der Waals surface area (Å²) in [6.07, 6.45) is 0.171. The second-order valence-corrected chi connectivity index (χ2v) is 3.69. The second-order valence-electron chi connectivity index (χ2n) is 3.32. The zero-order chi connectivity index (χ0) is 11.5. The minimum atomic E-state index is -1.49. The Morgan fingerprint density at radius 3 is 2.33 bits per heavy atom. The van der Waals surface area contributed by atoms with Gasteiger partial charge in [0.15, 0.2) is 5.78 Å². The van der Waals surface area contributed by atoms with Crippen LogP contribution >= 0.6 is 11.6 Å². The molecule has 74 valence electrons. The Bertz CT molecular complexity index is 351. The van der Waals surface area contributed by atoms with Gasteiger partial charge in [0.2, 0.25) is 0 Å². The van der Waals surface area contributed by atoms with Gasteiger partial charge in [-0.1, -0.05) is 0 Å². The number of halogens is 2. The van der Waals surface area contributed by atoms with E-state index >= 15 is 0 Å². The van der Waals surface area contributed by atoms with Gasteiger partial charge in [0.1, 0.15) is 5.82 Å². The van der Waals surface area contributed by atoms with Crippen molar-refractivity contribution in [3.05, 3.63) is 35.6 Å². The van der Waals surface area contributed by atoms with Crippen LogP contribution in [0.1, 0.15) is 16.8 Å². The lowest BCUT2D eigenvalue weighted by Gasteiger charge is -2.22. The molecule has 0 aliphatic rings. The van der Waals surface area contributed by atoms with Crippen LogP contribution in [0.2, 0.25) is 5.21 Å². The molecule has 0 aliphatic heterocycles. The molecule has 1 nitrogen and oxygen atoms in total. The molecule has 0 saturated heterocycles. The first-order valence-electron chi connectivity index (χ1n) is 4.41. The van der Waals surface area contributed by atoms with Gasteiger partial charge in [0, 0.05) is 11.4 Å². The Labute approximate surface area is 95.8 Å². The summed E-state index contributed by atoms with van der Waals surface area (Å²) in [5.74, 6) is -0.661. The fraction of sp³-hybridized carbons (Fsp3) is 0.300. The van der Waals surface area contributed by atoms with E-state index in [1.165, 1.54) is 24.3 Å². The average molecular weight is 220 g/mol. The third-order valence-corrected chi connectivity index (χ3v) is 2.23. The summed E-state index contributed by atoms with van der Waals surface area (Å²) in [4.78, 5) is 11.7. The van der Waals surface area contributed by atoms with Crippen molar-refractivity contribution in [1.82, 2.24) is 0 Å². The monoisotopic (exact) mass is 220 g/mol. The van der Waals surface area contributed by atoms with Crippen molar-refractivity contribution in [2.24, 2.45) is 0 Å². The molecule has 0 saturated carbocycles. The lowest BCUT2D eigenvalue weighted by atomic mass is 9.50. The number of carbonyl (C=O) groups is 1. The van der Waals surface area contributed by atoms with E-state index < -0.39 is 16.8 Å². The number of benzene rings is 1. The van der Waals surface area contributed by atoms with Crippen molar-refractivity contribution in [2.45, 2.75) is 11.6 Å². The minimum absolute atomic E-state index is 0.171. The Balaban J connectivity index is 2.89. The van der Waals surface area contributed by atoms with Crippen molar-refractivity contribution >= 4 is 33.1 Å². The number of Topliss-reactive ketones (excluding diaryl/α,β-unsaturated/α-hetero) is 1. The van der Waals surface area contributed by atoms with Crippen molar-refractivity contribution in [3.8, 4) is 0 Å². The van der Waals surface area contributed by atoms with Crippen LogP contribution < -0.4 is 0 Å². The molecule has 15 heavy (non-hydrogen) atoms. The van der Waals surface area contributed by atoms with Gasteiger partial charge >= 0.3 is 0 Å². The minimum Gasteiger partial charge on any atom is -0.295 e. The molecule has 0 aliphatic carbocycles. The molecule has 0 N–H and O–H groups in total. The third kappa shape index (κ3) is 3.10. The van der Waals surface area contributed by atoms with Crippen LogP contribution in [0.25, 0.3) is 0 Å². The summed E-state index contributed by atoms with van der Waals surface area (Å²) in [6, 6.07) is 5.06. The second kappa shape index (κ2) is 4.84. The van der Waals surface area contributed by atoms with E-state index in [9.17, 15) is 9.18 Å². The van der Waals surface area contributed by atoms with Gasteiger partial charge < -0.3 is 0 Å². The zero-order valence-electron chi connectivity index (χ0n) is 8.04. The van der Waals surface area contributed by atoms with Gasteiger partial charge in [-0.2, -0.15) is 0 Å². The van der Waals surface area contributed by atoms with Crippen molar-refractivity contribution in [2.75, 3.05) is 5.88 Å². The smallest absolute Gasteiger partial charge is 0.152 e. The first-order valence-corrected chi connectivity index (χ1v) is 4.95. The van der Waals surface area contributed by atoms with Crippen LogP contribution in [-0.4, -0.2) is 27.4 Å². The molecular weight excluding hydrogens is 212 g/mol. The fourth-order valence-corrected chi connectivity index (χ4v) is 1.45. The quantitative estimate of drug-likeness (QED) is 0.431. The van der Waals surface area contributed by atoms with Crippen LogP contribution in [0.5, 0.6) is 0 Å². The molecule has 0 unspecified atom stereocenters. The largest absolute Gasteiger partial charge is 0.295 e. The predicted octanol–water partition coefficient (Wildman–Crippen LogP) is 2.09. The van der Waals surface area contributed by atoms with Gasteiger partial charge in [-0.3, -0.25) is 4.79 Å². The highest BCUT2D eigenvalue weighted by molar-refractivity contribution is 6.53. The lowest BCUT2D eigenvalue weighted by Crippen LogP contribution is -2.25. The molecule has 0 atom stereocenters. The molecule has 0 fully saturated rings. The Morgan fingerprint density at radius 2 is 1.87 bits per heavy atom. The topological polar surface area (TPSA) is 17.1 Å². The first kappa shape index (κ1) is 12.3. The number of carbonyl (C=O) groups excluding carboxylic acids is 1. The van der Waals surface area contributed by atoms with E-state index in [4.69, 9.17) is 27.3 Å². The third-order valence-electron chi connectivity index (χ3n) is 2.04. The van der Waals surface area contributed by atoms with Crippen LogP contribution in [-0.2, 0) is 0 Å². The summed E-state index contributed by atoms with van der Waals surface area (Å²) >= 11 is 5.47. The van der Waals surface area contributed by atoms with E-state index in [1.54, 1.807) is 0 Å². The average Bonchev–Trinajstić information content (AvgIpc) is 2.18. The number of ketones is 1. The maximum absolute atomic E-state index is 12.6. The Kier molecular flexibility index (Phi) is 3.97. The molecular formula is C10H8B2ClFO.